The molecule has 2 aromatic rings. The number of thiophene rings is 1. The first-order valence-corrected chi connectivity index (χ1v) is 7.70. The minimum absolute atomic E-state index is 0.178. The van der Waals surface area contributed by atoms with Crippen LogP contribution in [0.1, 0.15) is 42.7 Å². The van der Waals surface area contributed by atoms with Crippen LogP contribution < -0.4 is 11.3 Å². The lowest BCUT2D eigenvalue weighted by Crippen LogP contribution is -2.34. The molecule has 0 aliphatic carbocycles. The van der Waals surface area contributed by atoms with E-state index in [1.54, 1.807) is 11.3 Å². The summed E-state index contributed by atoms with van der Waals surface area (Å²) in [6, 6.07) is 15.1. The first-order valence-electron chi connectivity index (χ1n) is 6.82. The summed E-state index contributed by atoms with van der Waals surface area (Å²) >= 11 is 1.76. The van der Waals surface area contributed by atoms with Gasteiger partial charge in [-0.05, 0) is 22.9 Å². The van der Waals surface area contributed by atoms with E-state index in [0.29, 0.717) is 11.8 Å². The highest BCUT2D eigenvalue weighted by molar-refractivity contribution is 7.10. The molecule has 3 unspecified atom stereocenters. The van der Waals surface area contributed by atoms with Crippen LogP contribution in [0.5, 0.6) is 0 Å². The molecule has 0 radical (unpaired) electrons. The van der Waals surface area contributed by atoms with Crippen LogP contribution in [-0.4, -0.2) is 0 Å². The molecule has 3 N–H and O–H groups in total. The van der Waals surface area contributed by atoms with Crippen LogP contribution in [0.25, 0.3) is 0 Å². The molecule has 0 aliphatic rings. The molecule has 1 aromatic heterocycles. The van der Waals surface area contributed by atoms with Gasteiger partial charge in [0, 0.05) is 10.8 Å². The van der Waals surface area contributed by atoms with Gasteiger partial charge in [-0.1, -0.05) is 56.7 Å². The number of rotatable bonds is 6. The van der Waals surface area contributed by atoms with Crippen molar-refractivity contribution >= 4 is 11.3 Å². The number of hydrazine groups is 1. The summed E-state index contributed by atoms with van der Waals surface area (Å²) in [6.45, 7) is 4.54. The van der Waals surface area contributed by atoms with Gasteiger partial charge >= 0.3 is 0 Å². The second kappa shape index (κ2) is 6.85. The van der Waals surface area contributed by atoms with E-state index >= 15 is 0 Å². The van der Waals surface area contributed by atoms with Crippen LogP contribution in [0.2, 0.25) is 0 Å². The minimum Gasteiger partial charge on any atom is -0.271 e. The van der Waals surface area contributed by atoms with Crippen molar-refractivity contribution in [1.82, 2.24) is 5.43 Å². The Labute approximate surface area is 119 Å². The van der Waals surface area contributed by atoms with E-state index in [0.717, 1.165) is 6.42 Å². The molecule has 0 amide bonds. The third-order valence-electron chi connectivity index (χ3n) is 3.83. The maximum Gasteiger partial charge on any atom is 0.0624 e. The molecule has 0 bridgehead atoms. The fourth-order valence-corrected chi connectivity index (χ4v) is 3.44. The van der Waals surface area contributed by atoms with Crippen molar-refractivity contribution in [3.8, 4) is 0 Å². The molecule has 2 nitrogen and oxygen atoms in total. The first kappa shape index (κ1) is 14.3. The van der Waals surface area contributed by atoms with Gasteiger partial charge in [-0.2, -0.15) is 0 Å². The van der Waals surface area contributed by atoms with Gasteiger partial charge in [0.15, 0.2) is 0 Å². The number of nitrogens with one attached hydrogen (secondary N) is 1. The van der Waals surface area contributed by atoms with Crippen LogP contribution in [0.4, 0.5) is 0 Å². The second-order valence-corrected chi connectivity index (χ2v) is 5.96. The van der Waals surface area contributed by atoms with Gasteiger partial charge in [-0.25, -0.2) is 0 Å². The van der Waals surface area contributed by atoms with Gasteiger partial charge in [0.2, 0.25) is 0 Å². The van der Waals surface area contributed by atoms with Gasteiger partial charge < -0.3 is 0 Å². The molecule has 0 spiro atoms. The number of hydrogen-bond donors (Lipinski definition) is 2. The predicted octanol–water partition coefficient (Wildman–Crippen LogP) is 4.08. The van der Waals surface area contributed by atoms with Crippen molar-refractivity contribution in [2.75, 3.05) is 0 Å². The number of nitrogens with two attached hydrogens (primary N) is 1. The summed E-state index contributed by atoms with van der Waals surface area (Å²) in [5, 5.41) is 2.11. The topological polar surface area (TPSA) is 38.0 Å². The van der Waals surface area contributed by atoms with Crippen LogP contribution in [0.15, 0.2) is 47.8 Å². The van der Waals surface area contributed by atoms with Crippen LogP contribution >= 0.6 is 11.3 Å². The zero-order valence-corrected chi connectivity index (χ0v) is 12.4. The third-order valence-corrected chi connectivity index (χ3v) is 4.79. The Hall–Kier alpha value is -1.16. The van der Waals surface area contributed by atoms with E-state index < -0.39 is 0 Å². The summed E-state index contributed by atoms with van der Waals surface area (Å²) < 4.78 is 0. The van der Waals surface area contributed by atoms with E-state index in [1.165, 1.54) is 10.4 Å². The van der Waals surface area contributed by atoms with Crippen LogP contribution in [0.3, 0.4) is 0 Å². The molecule has 3 heteroatoms. The van der Waals surface area contributed by atoms with Crippen molar-refractivity contribution in [2.24, 2.45) is 11.8 Å². The fourth-order valence-electron chi connectivity index (χ4n) is 2.61. The molecular formula is C16H22N2S. The Morgan fingerprint density at radius 2 is 1.89 bits per heavy atom. The van der Waals surface area contributed by atoms with Crippen molar-refractivity contribution < 1.29 is 0 Å². The average Bonchev–Trinajstić information content (AvgIpc) is 2.98. The first-order chi connectivity index (χ1) is 9.27. The molecule has 3 atom stereocenters. The van der Waals surface area contributed by atoms with Gasteiger partial charge in [0.05, 0.1) is 6.04 Å². The summed E-state index contributed by atoms with van der Waals surface area (Å²) in [7, 11) is 0. The zero-order valence-electron chi connectivity index (χ0n) is 11.5. The Kier molecular flexibility index (Phi) is 5.14. The largest absolute Gasteiger partial charge is 0.271 e. The summed E-state index contributed by atoms with van der Waals surface area (Å²) in [6.07, 6.45) is 1.14. The van der Waals surface area contributed by atoms with Crippen LogP contribution in [-0.2, 0) is 0 Å². The smallest absolute Gasteiger partial charge is 0.0624 e. The SMILES string of the molecule is CCC(C)C(c1ccccc1)C(NN)c1cccs1. The quantitative estimate of drug-likeness (QED) is 0.615. The molecule has 0 aliphatic heterocycles. The molecule has 0 saturated carbocycles. The van der Waals surface area contributed by atoms with Crippen molar-refractivity contribution in [1.29, 1.82) is 0 Å². The lowest BCUT2D eigenvalue weighted by molar-refractivity contribution is 0.347. The number of hydrogen-bond acceptors (Lipinski definition) is 3. The molecule has 102 valence electrons. The third kappa shape index (κ3) is 3.24. The van der Waals surface area contributed by atoms with Gasteiger partial charge in [0.25, 0.3) is 0 Å². The van der Waals surface area contributed by atoms with Gasteiger partial charge in [-0.3, -0.25) is 11.3 Å². The lowest BCUT2D eigenvalue weighted by Gasteiger charge is -2.31. The zero-order chi connectivity index (χ0) is 13.7. The monoisotopic (exact) mass is 274 g/mol. The molecule has 1 aromatic carbocycles. The van der Waals surface area contributed by atoms with Crippen molar-refractivity contribution in [3.05, 3.63) is 58.3 Å². The molecule has 2 rings (SSSR count). The summed E-state index contributed by atoms with van der Waals surface area (Å²) in [4.78, 5) is 1.30. The lowest BCUT2D eigenvalue weighted by atomic mass is 9.80. The second-order valence-electron chi connectivity index (χ2n) is 4.98. The van der Waals surface area contributed by atoms with Crippen molar-refractivity contribution in [2.45, 2.75) is 32.2 Å². The Bertz CT molecular complexity index is 467. The van der Waals surface area contributed by atoms with E-state index in [-0.39, 0.29) is 6.04 Å². The summed E-state index contributed by atoms with van der Waals surface area (Å²) in [5.41, 5.74) is 4.38. The van der Waals surface area contributed by atoms with E-state index in [2.05, 4.69) is 67.1 Å². The molecule has 19 heavy (non-hydrogen) atoms. The van der Waals surface area contributed by atoms with E-state index in [1.807, 2.05) is 0 Å². The Morgan fingerprint density at radius 3 is 2.42 bits per heavy atom. The van der Waals surface area contributed by atoms with Gasteiger partial charge in [0.1, 0.15) is 0 Å². The van der Waals surface area contributed by atoms with Crippen LogP contribution in [0, 0.1) is 5.92 Å². The van der Waals surface area contributed by atoms with Crippen molar-refractivity contribution in [3.63, 3.8) is 0 Å². The molecular weight excluding hydrogens is 252 g/mol. The van der Waals surface area contributed by atoms with E-state index in [9.17, 15) is 0 Å². The highest BCUT2D eigenvalue weighted by Gasteiger charge is 2.28. The minimum atomic E-state index is 0.178. The summed E-state index contributed by atoms with van der Waals surface area (Å²) in [5.74, 6) is 6.82. The standard InChI is InChI=1S/C16H22N2S/c1-3-12(2)15(13-8-5-4-6-9-13)16(18-17)14-10-7-11-19-14/h4-12,15-16,18H,3,17H2,1-2H3. The normalized spacial score (nSPS) is 15.9. The highest BCUT2D eigenvalue weighted by Crippen LogP contribution is 2.39. The van der Waals surface area contributed by atoms with Gasteiger partial charge in [-0.15, -0.1) is 11.3 Å². The Balaban J connectivity index is 2.37. The average molecular weight is 274 g/mol. The maximum atomic E-state index is 5.85. The Morgan fingerprint density at radius 1 is 1.16 bits per heavy atom. The number of benzene rings is 1. The molecule has 1 heterocycles. The predicted molar refractivity (Wildman–Crippen MR) is 83.0 cm³/mol. The fraction of sp³-hybridized carbons (Fsp3) is 0.375. The molecule has 0 saturated heterocycles. The van der Waals surface area contributed by atoms with E-state index in [4.69, 9.17) is 5.84 Å². The maximum absolute atomic E-state index is 5.85. The highest BCUT2D eigenvalue weighted by atomic mass is 32.1. The molecule has 0 fully saturated rings.